The molecule has 14 heavy (non-hydrogen) atoms. The van der Waals surface area contributed by atoms with Crippen molar-refractivity contribution in [1.82, 2.24) is 4.90 Å². The largest absolute Gasteiger partial charge is 0.335 e. The second-order valence-corrected chi connectivity index (χ2v) is 4.29. The van der Waals surface area contributed by atoms with Gasteiger partial charge < -0.3 is 4.90 Å². The molecular weight excluding hydrogens is 178 g/mol. The third-order valence-corrected chi connectivity index (χ3v) is 3.11. The Morgan fingerprint density at radius 3 is 2.29 bits per heavy atom. The van der Waals surface area contributed by atoms with Gasteiger partial charge in [-0.1, -0.05) is 13.8 Å². The molecule has 0 bridgehead atoms. The van der Waals surface area contributed by atoms with Crippen molar-refractivity contribution in [1.29, 1.82) is 0 Å². The number of ketones is 1. The van der Waals surface area contributed by atoms with Crippen molar-refractivity contribution in [3.8, 4) is 0 Å². The number of hydrogen-bond acceptors (Lipinski definition) is 2. The van der Waals surface area contributed by atoms with Gasteiger partial charge in [-0.2, -0.15) is 0 Å². The molecule has 1 aliphatic rings. The summed E-state index contributed by atoms with van der Waals surface area (Å²) in [5, 5.41) is 0. The first-order chi connectivity index (χ1) is 6.49. The smallest absolute Gasteiger partial charge is 0.222 e. The molecule has 0 aromatic heterocycles. The van der Waals surface area contributed by atoms with E-state index < -0.39 is 0 Å². The Morgan fingerprint density at radius 1 is 1.50 bits per heavy atom. The van der Waals surface area contributed by atoms with E-state index in [-0.39, 0.29) is 17.7 Å². The Labute approximate surface area is 85.5 Å². The number of carbonyl (C=O) groups is 2. The van der Waals surface area contributed by atoms with Crippen LogP contribution in [0.4, 0.5) is 0 Å². The summed E-state index contributed by atoms with van der Waals surface area (Å²) >= 11 is 0. The van der Waals surface area contributed by atoms with Crippen LogP contribution in [0.5, 0.6) is 0 Å². The summed E-state index contributed by atoms with van der Waals surface area (Å²) in [4.78, 5) is 24.5. The lowest BCUT2D eigenvalue weighted by Gasteiger charge is -2.26. The normalized spacial score (nSPS) is 26.9. The summed E-state index contributed by atoms with van der Waals surface area (Å²) in [6, 6.07) is -0.183. The Balaban J connectivity index is 2.68. The fourth-order valence-electron chi connectivity index (χ4n) is 2.06. The zero-order valence-electron chi connectivity index (χ0n) is 9.41. The van der Waals surface area contributed by atoms with Crippen molar-refractivity contribution in [3.05, 3.63) is 0 Å². The van der Waals surface area contributed by atoms with Gasteiger partial charge in [0.2, 0.25) is 5.91 Å². The average molecular weight is 197 g/mol. The van der Waals surface area contributed by atoms with Crippen LogP contribution in [0.1, 0.15) is 33.6 Å². The predicted octanol–water partition coefficient (Wildman–Crippen LogP) is 1.47. The summed E-state index contributed by atoms with van der Waals surface area (Å²) in [7, 11) is 1.74. The number of likely N-dealkylation sites (N-methyl/N-ethyl adjacent to an activating group) is 1. The third kappa shape index (κ3) is 2.14. The molecule has 3 heteroatoms. The monoisotopic (exact) mass is 197 g/mol. The molecule has 0 N–H and O–H groups in total. The van der Waals surface area contributed by atoms with Crippen LogP contribution in [0.2, 0.25) is 0 Å². The molecule has 0 heterocycles. The van der Waals surface area contributed by atoms with Crippen LogP contribution in [0.3, 0.4) is 0 Å². The van der Waals surface area contributed by atoms with E-state index in [1.54, 1.807) is 18.9 Å². The van der Waals surface area contributed by atoms with Crippen molar-refractivity contribution in [2.24, 2.45) is 11.8 Å². The van der Waals surface area contributed by atoms with Gasteiger partial charge in [-0.05, 0) is 25.2 Å². The van der Waals surface area contributed by atoms with Crippen LogP contribution < -0.4 is 0 Å². The predicted molar refractivity (Wildman–Crippen MR) is 54.8 cm³/mol. The van der Waals surface area contributed by atoms with Crippen molar-refractivity contribution < 1.29 is 9.59 Å². The molecule has 0 aromatic carbocycles. The molecule has 0 spiro atoms. The number of carbonyl (C=O) groups excluding carboxylic acids is 2. The van der Waals surface area contributed by atoms with Crippen LogP contribution >= 0.6 is 0 Å². The van der Waals surface area contributed by atoms with Gasteiger partial charge in [0.1, 0.15) is 0 Å². The van der Waals surface area contributed by atoms with E-state index in [1.165, 1.54) is 0 Å². The van der Waals surface area contributed by atoms with E-state index >= 15 is 0 Å². The van der Waals surface area contributed by atoms with E-state index in [1.807, 2.05) is 6.92 Å². The van der Waals surface area contributed by atoms with E-state index in [4.69, 9.17) is 0 Å². The van der Waals surface area contributed by atoms with Crippen LogP contribution in [0, 0.1) is 11.8 Å². The van der Waals surface area contributed by atoms with Gasteiger partial charge in [-0.3, -0.25) is 9.59 Å². The first-order valence-electron chi connectivity index (χ1n) is 5.25. The number of hydrogen-bond donors (Lipinski definition) is 0. The highest BCUT2D eigenvalue weighted by molar-refractivity contribution is 5.87. The number of Topliss-reactive ketones (excluding diaryl/α,β-unsaturated/α-hetero) is 1. The maximum Gasteiger partial charge on any atom is 0.222 e. The van der Waals surface area contributed by atoms with E-state index in [9.17, 15) is 9.59 Å². The van der Waals surface area contributed by atoms with Crippen LogP contribution in [0.15, 0.2) is 0 Å². The fourth-order valence-corrected chi connectivity index (χ4v) is 2.06. The van der Waals surface area contributed by atoms with Crippen molar-refractivity contribution >= 4 is 11.7 Å². The Kier molecular flexibility index (Phi) is 3.29. The minimum absolute atomic E-state index is 0.0595. The van der Waals surface area contributed by atoms with Crippen LogP contribution in [-0.2, 0) is 9.59 Å². The third-order valence-electron chi connectivity index (χ3n) is 3.11. The van der Waals surface area contributed by atoms with Gasteiger partial charge in [-0.25, -0.2) is 0 Å². The molecule has 80 valence electrons. The summed E-state index contributed by atoms with van der Waals surface area (Å²) in [5.41, 5.74) is 0. The van der Waals surface area contributed by atoms with Gasteiger partial charge in [0.05, 0.1) is 6.04 Å². The molecule has 1 rings (SSSR count). The van der Waals surface area contributed by atoms with Crippen LogP contribution in [0.25, 0.3) is 0 Å². The number of rotatable bonds is 4. The SMILES string of the molecule is CCC(=O)N(C)C(C(C)=O)C1CC1C. The fraction of sp³-hybridized carbons (Fsp3) is 0.818. The van der Waals surface area contributed by atoms with Crippen LogP contribution in [-0.4, -0.2) is 29.7 Å². The first-order valence-corrected chi connectivity index (χ1v) is 5.25. The lowest BCUT2D eigenvalue weighted by molar-refractivity contribution is -0.137. The van der Waals surface area contributed by atoms with E-state index in [0.717, 1.165) is 6.42 Å². The van der Waals surface area contributed by atoms with Gasteiger partial charge in [-0.15, -0.1) is 0 Å². The van der Waals surface area contributed by atoms with Gasteiger partial charge >= 0.3 is 0 Å². The lowest BCUT2D eigenvalue weighted by Crippen LogP contribution is -2.43. The van der Waals surface area contributed by atoms with Crippen molar-refractivity contribution in [2.45, 2.75) is 39.7 Å². The summed E-state index contributed by atoms with van der Waals surface area (Å²) in [5.74, 6) is 1.16. The second-order valence-electron chi connectivity index (χ2n) is 4.29. The molecule has 1 amide bonds. The van der Waals surface area contributed by atoms with Gasteiger partial charge in [0.25, 0.3) is 0 Å². The maximum atomic E-state index is 11.5. The van der Waals surface area contributed by atoms with E-state index in [2.05, 4.69) is 6.92 Å². The maximum absolute atomic E-state index is 11.5. The van der Waals surface area contributed by atoms with Gasteiger partial charge in [0.15, 0.2) is 5.78 Å². The summed E-state index contributed by atoms with van der Waals surface area (Å²) < 4.78 is 0. The molecule has 3 atom stereocenters. The minimum Gasteiger partial charge on any atom is -0.335 e. The Hall–Kier alpha value is -0.860. The standard InChI is InChI=1S/C11H19NO2/c1-5-10(14)12(4)11(8(3)13)9-6-7(9)2/h7,9,11H,5-6H2,1-4H3. The quantitative estimate of drug-likeness (QED) is 0.684. The molecule has 1 fully saturated rings. The Bertz CT molecular complexity index is 250. The molecular formula is C11H19NO2. The molecule has 3 nitrogen and oxygen atoms in total. The minimum atomic E-state index is -0.183. The highest BCUT2D eigenvalue weighted by Gasteiger charge is 2.44. The topological polar surface area (TPSA) is 37.4 Å². The molecule has 0 aromatic rings. The highest BCUT2D eigenvalue weighted by Crippen LogP contribution is 2.42. The van der Waals surface area contributed by atoms with E-state index in [0.29, 0.717) is 18.3 Å². The molecule has 0 aliphatic heterocycles. The lowest BCUT2D eigenvalue weighted by atomic mass is 10.1. The molecule has 1 saturated carbocycles. The first kappa shape index (κ1) is 11.2. The number of nitrogens with zero attached hydrogens (tertiary/aromatic N) is 1. The zero-order valence-corrected chi connectivity index (χ0v) is 9.41. The molecule has 1 aliphatic carbocycles. The van der Waals surface area contributed by atoms with Crippen molar-refractivity contribution in [3.63, 3.8) is 0 Å². The summed E-state index contributed by atoms with van der Waals surface area (Å²) in [6.07, 6.45) is 1.55. The zero-order chi connectivity index (χ0) is 10.9. The molecule has 0 radical (unpaired) electrons. The van der Waals surface area contributed by atoms with Gasteiger partial charge in [0, 0.05) is 13.5 Å². The Morgan fingerprint density at radius 2 is 2.00 bits per heavy atom. The number of amides is 1. The summed E-state index contributed by atoms with van der Waals surface area (Å²) in [6.45, 7) is 5.53. The molecule has 3 unspecified atom stereocenters. The second kappa shape index (κ2) is 4.11. The van der Waals surface area contributed by atoms with Crippen molar-refractivity contribution in [2.75, 3.05) is 7.05 Å². The average Bonchev–Trinajstić information content (AvgIpc) is 2.80. The highest BCUT2D eigenvalue weighted by atomic mass is 16.2. The molecule has 0 saturated heterocycles.